The van der Waals surface area contributed by atoms with E-state index in [0.29, 0.717) is 17.6 Å². The van der Waals surface area contributed by atoms with Crippen LogP contribution in [0.2, 0.25) is 0 Å². The average Bonchev–Trinajstić information content (AvgIpc) is 2.62. The molecule has 0 aliphatic carbocycles. The van der Waals surface area contributed by atoms with Gasteiger partial charge in [-0.15, -0.1) is 5.10 Å². The summed E-state index contributed by atoms with van der Waals surface area (Å²) < 4.78 is 10.6. The van der Waals surface area contributed by atoms with Gasteiger partial charge in [0.05, 0.1) is 26.1 Å². The lowest BCUT2D eigenvalue weighted by Crippen LogP contribution is -2.35. The van der Waals surface area contributed by atoms with Crippen molar-refractivity contribution in [2.24, 2.45) is 5.92 Å². The molecule has 1 fully saturated rings. The minimum absolute atomic E-state index is 0.442. The van der Waals surface area contributed by atoms with Gasteiger partial charge < -0.3 is 19.7 Å². The SMILES string of the molecule is COc1ccc(OC)c(Nc2nncc(N3CCCC(C)C3)n2)c1. The third-order valence-corrected chi connectivity index (χ3v) is 4.18. The third kappa shape index (κ3) is 3.67. The number of anilines is 3. The Morgan fingerprint density at radius 1 is 1.25 bits per heavy atom. The number of rotatable bonds is 5. The highest BCUT2D eigenvalue weighted by Gasteiger charge is 2.18. The monoisotopic (exact) mass is 329 g/mol. The standard InChI is InChI=1S/C17H23N5O2/c1-12-5-4-8-22(11-12)16-10-18-21-17(20-16)19-14-9-13(23-2)6-7-15(14)24-3/h6-7,9-10,12H,4-5,8,11H2,1-3H3,(H,19,20,21). The van der Waals surface area contributed by atoms with Crippen molar-refractivity contribution in [3.63, 3.8) is 0 Å². The van der Waals surface area contributed by atoms with Crippen molar-refractivity contribution in [3.8, 4) is 11.5 Å². The number of piperidine rings is 1. The van der Waals surface area contributed by atoms with Crippen molar-refractivity contribution in [2.75, 3.05) is 37.5 Å². The van der Waals surface area contributed by atoms with Gasteiger partial charge in [-0.3, -0.25) is 0 Å². The molecule has 7 heteroatoms. The molecule has 0 saturated carbocycles. The zero-order valence-corrected chi connectivity index (χ0v) is 14.3. The number of hydrogen-bond acceptors (Lipinski definition) is 7. The molecule has 1 unspecified atom stereocenters. The molecule has 1 saturated heterocycles. The molecule has 2 heterocycles. The summed E-state index contributed by atoms with van der Waals surface area (Å²) in [7, 11) is 3.25. The first-order valence-electron chi connectivity index (χ1n) is 8.13. The van der Waals surface area contributed by atoms with Crippen LogP contribution in [0.4, 0.5) is 17.5 Å². The van der Waals surface area contributed by atoms with E-state index in [-0.39, 0.29) is 0 Å². The largest absolute Gasteiger partial charge is 0.497 e. The number of aromatic nitrogens is 3. The molecule has 1 aromatic carbocycles. The maximum absolute atomic E-state index is 5.37. The van der Waals surface area contributed by atoms with E-state index in [1.165, 1.54) is 12.8 Å². The Morgan fingerprint density at radius 3 is 2.88 bits per heavy atom. The molecule has 128 valence electrons. The molecule has 24 heavy (non-hydrogen) atoms. The highest BCUT2D eigenvalue weighted by molar-refractivity contribution is 5.65. The van der Waals surface area contributed by atoms with Crippen LogP contribution in [0.3, 0.4) is 0 Å². The van der Waals surface area contributed by atoms with Crippen LogP contribution in [-0.4, -0.2) is 42.5 Å². The Labute approximate surface area is 142 Å². The third-order valence-electron chi connectivity index (χ3n) is 4.18. The van der Waals surface area contributed by atoms with Crippen LogP contribution in [0.25, 0.3) is 0 Å². The van der Waals surface area contributed by atoms with Gasteiger partial charge in [0.1, 0.15) is 11.5 Å². The van der Waals surface area contributed by atoms with E-state index >= 15 is 0 Å². The van der Waals surface area contributed by atoms with Gasteiger partial charge in [-0.2, -0.15) is 10.1 Å². The van der Waals surface area contributed by atoms with Gasteiger partial charge >= 0.3 is 0 Å². The van der Waals surface area contributed by atoms with Crippen molar-refractivity contribution in [1.29, 1.82) is 0 Å². The second-order valence-corrected chi connectivity index (χ2v) is 6.02. The zero-order valence-electron chi connectivity index (χ0n) is 14.3. The van der Waals surface area contributed by atoms with E-state index in [2.05, 4.69) is 32.3 Å². The van der Waals surface area contributed by atoms with Crippen molar-refractivity contribution >= 4 is 17.5 Å². The molecule has 1 atom stereocenters. The molecule has 3 rings (SSSR count). The fourth-order valence-electron chi connectivity index (χ4n) is 2.93. The summed E-state index contributed by atoms with van der Waals surface area (Å²) in [6.45, 7) is 4.27. The van der Waals surface area contributed by atoms with Crippen LogP contribution in [0.1, 0.15) is 19.8 Å². The van der Waals surface area contributed by atoms with Crippen LogP contribution >= 0.6 is 0 Å². The van der Waals surface area contributed by atoms with E-state index < -0.39 is 0 Å². The van der Waals surface area contributed by atoms with Gasteiger partial charge in [0.25, 0.3) is 0 Å². The second kappa shape index (κ2) is 7.33. The van der Waals surface area contributed by atoms with Gasteiger partial charge in [-0.25, -0.2) is 0 Å². The topological polar surface area (TPSA) is 72.4 Å². The van der Waals surface area contributed by atoms with Gasteiger partial charge in [0.2, 0.25) is 5.95 Å². The van der Waals surface area contributed by atoms with Crippen LogP contribution in [0.5, 0.6) is 11.5 Å². The Morgan fingerprint density at radius 2 is 2.12 bits per heavy atom. The number of methoxy groups -OCH3 is 2. The second-order valence-electron chi connectivity index (χ2n) is 6.02. The molecule has 0 radical (unpaired) electrons. The highest BCUT2D eigenvalue weighted by Crippen LogP contribution is 2.31. The van der Waals surface area contributed by atoms with E-state index in [1.54, 1.807) is 20.4 Å². The molecule has 1 aromatic heterocycles. The molecular weight excluding hydrogens is 306 g/mol. The minimum Gasteiger partial charge on any atom is -0.497 e. The lowest BCUT2D eigenvalue weighted by Gasteiger charge is -2.31. The van der Waals surface area contributed by atoms with Crippen molar-refractivity contribution in [2.45, 2.75) is 19.8 Å². The number of nitrogens with one attached hydrogen (secondary N) is 1. The Bertz CT molecular complexity index is 694. The fourth-order valence-corrected chi connectivity index (χ4v) is 2.93. The molecule has 0 spiro atoms. The summed E-state index contributed by atoms with van der Waals surface area (Å²) in [6.07, 6.45) is 4.16. The highest BCUT2D eigenvalue weighted by atomic mass is 16.5. The first-order valence-corrected chi connectivity index (χ1v) is 8.13. The van der Waals surface area contributed by atoms with E-state index in [9.17, 15) is 0 Å². The molecule has 7 nitrogen and oxygen atoms in total. The lowest BCUT2D eigenvalue weighted by molar-refractivity contribution is 0.404. The number of ether oxygens (including phenoxy) is 2. The molecule has 1 aliphatic heterocycles. The molecule has 1 N–H and O–H groups in total. The Balaban J connectivity index is 1.82. The number of nitrogens with zero attached hydrogens (tertiary/aromatic N) is 4. The van der Waals surface area contributed by atoms with Crippen LogP contribution in [-0.2, 0) is 0 Å². The predicted molar refractivity (Wildman–Crippen MR) is 93.3 cm³/mol. The maximum Gasteiger partial charge on any atom is 0.249 e. The summed E-state index contributed by atoms with van der Waals surface area (Å²) in [4.78, 5) is 6.86. The smallest absolute Gasteiger partial charge is 0.249 e. The molecule has 0 amide bonds. The van der Waals surface area contributed by atoms with E-state index in [4.69, 9.17) is 9.47 Å². The lowest BCUT2D eigenvalue weighted by atomic mass is 10.0. The predicted octanol–water partition coefficient (Wildman–Crippen LogP) is 2.87. The molecule has 2 aromatic rings. The fraction of sp³-hybridized carbons (Fsp3) is 0.471. The summed E-state index contributed by atoms with van der Waals surface area (Å²) >= 11 is 0. The Kier molecular flexibility index (Phi) is 4.98. The van der Waals surface area contributed by atoms with Crippen molar-refractivity contribution < 1.29 is 9.47 Å². The minimum atomic E-state index is 0.442. The van der Waals surface area contributed by atoms with E-state index in [0.717, 1.165) is 30.3 Å². The normalized spacial score (nSPS) is 17.5. The summed E-state index contributed by atoms with van der Waals surface area (Å²) in [6, 6.07) is 5.53. The number of benzene rings is 1. The summed E-state index contributed by atoms with van der Waals surface area (Å²) in [5, 5.41) is 11.3. The van der Waals surface area contributed by atoms with Crippen molar-refractivity contribution in [3.05, 3.63) is 24.4 Å². The molecule has 0 bridgehead atoms. The van der Waals surface area contributed by atoms with Gasteiger partial charge in [0, 0.05) is 19.2 Å². The maximum atomic E-state index is 5.37. The number of hydrogen-bond donors (Lipinski definition) is 1. The van der Waals surface area contributed by atoms with E-state index in [1.807, 2.05) is 18.2 Å². The van der Waals surface area contributed by atoms with Gasteiger partial charge in [-0.05, 0) is 30.9 Å². The van der Waals surface area contributed by atoms with Crippen LogP contribution < -0.4 is 19.7 Å². The first kappa shape index (κ1) is 16.3. The summed E-state index contributed by atoms with van der Waals surface area (Å²) in [5.41, 5.74) is 0.739. The zero-order chi connectivity index (χ0) is 16.9. The summed E-state index contributed by atoms with van der Waals surface area (Å²) in [5.74, 6) is 3.38. The van der Waals surface area contributed by atoms with Crippen molar-refractivity contribution in [1.82, 2.24) is 15.2 Å². The van der Waals surface area contributed by atoms with Gasteiger partial charge in [-0.1, -0.05) is 6.92 Å². The van der Waals surface area contributed by atoms with Gasteiger partial charge in [0.15, 0.2) is 5.82 Å². The first-order chi connectivity index (χ1) is 11.7. The van der Waals surface area contributed by atoms with Crippen LogP contribution in [0.15, 0.2) is 24.4 Å². The van der Waals surface area contributed by atoms with Crippen LogP contribution in [0, 0.1) is 5.92 Å². The average molecular weight is 329 g/mol. The molecular formula is C17H23N5O2. The quantitative estimate of drug-likeness (QED) is 0.904. The molecule has 1 aliphatic rings. The Hall–Kier alpha value is -2.57.